The second-order valence-corrected chi connectivity index (χ2v) is 13.0. The zero-order chi connectivity index (χ0) is 36.4. The molecule has 1 saturated carbocycles. The molecule has 5 aromatic carbocycles. The number of imide groups is 1. The maximum atomic E-state index is 16.1. The summed E-state index contributed by atoms with van der Waals surface area (Å²) >= 11 is 0. The maximum absolute atomic E-state index is 16.1. The second-order valence-electron chi connectivity index (χ2n) is 13.0. The lowest BCUT2D eigenvalue weighted by Crippen LogP contribution is -2.45. The molecule has 4 atom stereocenters. The number of nitrogens with zero attached hydrogens (tertiary/aromatic N) is 2. The smallest absolute Gasteiger partial charge is 0.271 e. The third kappa shape index (κ3) is 4.21. The number of ether oxygens (including phenoxy) is 3. The van der Waals surface area contributed by atoms with E-state index in [-0.39, 0.29) is 22.9 Å². The molecule has 0 aromatic heterocycles. The van der Waals surface area contributed by atoms with Gasteiger partial charge in [-0.2, -0.15) is 0 Å². The molecule has 10 heteroatoms. The van der Waals surface area contributed by atoms with Crippen molar-refractivity contribution in [2.45, 2.75) is 10.8 Å². The molecule has 258 valence electrons. The van der Waals surface area contributed by atoms with Crippen molar-refractivity contribution >= 4 is 40.1 Å². The number of amides is 2. The molecule has 10 nitrogen and oxygen atoms in total. The van der Waals surface area contributed by atoms with E-state index >= 15 is 14.4 Å². The van der Waals surface area contributed by atoms with Gasteiger partial charge in [0.1, 0.15) is 22.9 Å². The minimum absolute atomic E-state index is 0.0589. The van der Waals surface area contributed by atoms with Crippen LogP contribution in [0.15, 0.2) is 127 Å². The van der Waals surface area contributed by atoms with E-state index in [1.165, 1.54) is 25.3 Å². The van der Waals surface area contributed by atoms with Gasteiger partial charge in [-0.1, -0.05) is 84.9 Å². The Morgan fingerprint density at radius 3 is 1.42 bits per heavy atom. The largest absolute Gasteiger partial charge is 0.497 e. The number of fused-ring (bicyclic) bond motifs is 5. The van der Waals surface area contributed by atoms with Crippen molar-refractivity contribution < 1.29 is 33.5 Å². The molecule has 1 heterocycles. The fourth-order valence-corrected chi connectivity index (χ4v) is 8.84. The Kier molecular flexibility index (Phi) is 7.56. The van der Waals surface area contributed by atoms with Gasteiger partial charge in [-0.3, -0.25) is 24.5 Å². The summed E-state index contributed by atoms with van der Waals surface area (Å²) in [5.74, 6) is -2.73. The Labute approximate surface area is 299 Å². The molecule has 0 N–H and O–H groups in total. The van der Waals surface area contributed by atoms with Crippen LogP contribution in [-0.2, 0) is 25.2 Å². The summed E-state index contributed by atoms with van der Waals surface area (Å²) in [6, 6.07) is 36.7. The molecule has 5 aromatic rings. The van der Waals surface area contributed by atoms with Crippen molar-refractivity contribution in [1.29, 1.82) is 0 Å². The molecule has 2 bridgehead atoms. The standard InChI is InChI=1S/C42H32N2O8/c1-50-30-19-14-25(15-20-30)34-35(26-16-21-31(51-2)22-17-26)42(28-12-8-5-9-13-28)37-36(41(34,40(42)47)27-10-6-4-7-11-27)38(45)43(39(37)46)32-24-29(44(48)49)18-23-33(32)52-3/h4-24,36-37H,1-3H3/t36-,37-,41-,42-/m1/s1. The Morgan fingerprint density at radius 2 is 1.04 bits per heavy atom. The summed E-state index contributed by atoms with van der Waals surface area (Å²) in [6.45, 7) is 0. The first kappa shape index (κ1) is 32.6. The molecule has 2 fully saturated rings. The number of Topliss-reactive ketones (excluding diaryl/α,β-unsaturated/α-hetero) is 1. The SMILES string of the molecule is COc1ccc(C2=C(c3ccc(OC)cc3)[C@@]3(c4ccccc4)C(=O)[C@@]2(c2ccccc2)[C@H]2C(=O)N(c4cc([N+](=O)[O-])ccc4OC)C(=O)[C@@H]23)cc1. The number of anilines is 1. The van der Waals surface area contributed by atoms with Gasteiger partial charge in [0.15, 0.2) is 5.78 Å². The molecule has 52 heavy (non-hydrogen) atoms. The van der Waals surface area contributed by atoms with Gasteiger partial charge in [0, 0.05) is 12.1 Å². The minimum atomic E-state index is -1.67. The summed E-state index contributed by atoms with van der Waals surface area (Å²) in [4.78, 5) is 59.1. The van der Waals surface area contributed by atoms with Crippen molar-refractivity contribution in [3.8, 4) is 17.2 Å². The van der Waals surface area contributed by atoms with Crippen LogP contribution >= 0.6 is 0 Å². The lowest BCUT2D eigenvalue weighted by molar-refractivity contribution is -0.384. The van der Waals surface area contributed by atoms with Crippen LogP contribution in [0.1, 0.15) is 22.3 Å². The summed E-state index contributed by atoms with van der Waals surface area (Å²) < 4.78 is 16.6. The molecule has 0 spiro atoms. The van der Waals surface area contributed by atoms with Crippen LogP contribution in [0.25, 0.3) is 11.1 Å². The number of rotatable bonds is 9. The van der Waals surface area contributed by atoms with Crippen molar-refractivity contribution in [3.63, 3.8) is 0 Å². The fourth-order valence-electron chi connectivity index (χ4n) is 8.84. The molecular weight excluding hydrogens is 660 g/mol. The molecule has 2 amide bonds. The van der Waals surface area contributed by atoms with Crippen molar-refractivity contribution in [2.75, 3.05) is 26.2 Å². The van der Waals surface area contributed by atoms with Gasteiger partial charge in [-0.25, -0.2) is 4.90 Å². The number of allylic oxidation sites excluding steroid dienone is 2. The van der Waals surface area contributed by atoms with Crippen LogP contribution in [0.3, 0.4) is 0 Å². The number of nitro benzene ring substituents is 1. The highest BCUT2D eigenvalue weighted by Crippen LogP contribution is 2.74. The average molecular weight is 693 g/mol. The number of carbonyl (C=O) groups is 3. The summed E-state index contributed by atoms with van der Waals surface area (Å²) in [5, 5.41) is 12.0. The lowest BCUT2D eigenvalue weighted by Gasteiger charge is -2.39. The van der Waals surface area contributed by atoms with E-state index < -0.39 is 39.4 Å². The topological polar surface area (TPSA) is 125 Å². The maximum Gasteiger partial charge on any atom is 0.271 e. The number of non-ortho nitro benzene ring substituents is 1. The van der Waals surface area contributed by atoms with Crippen molar-refractivity contribution in [3.05, 3.63) is 160 Å². The van der Waals surface area contributed by atoms with Gasteiger partial charge >= 0.3 is 0 Å². The highest BCUT2D eigenvalue weighted by Gasteiger charge is 2.83. The highest BCUT2D eigenvalue weighted by molar-refractivity contribution is 6.39. The summed E-state index contributed by atoms with van der Waals surface area (Å²) in [5.41, 5.74) is -0.0744. The first-order valence-corrected chi connectivity index (χ1v) is 16.6. The average Bonchev–Trinajstić information content (AvgIpc) is 3.70. The van der Waals surface area contributed by atoms with E-state index in [9.17, 15) is 10.1 Å². The molecule has 2 aliphatic carbocycles. The predicted molar refractivity (Wildman–Crippen MR) is 193 cm³/mol. The Bertz CT molecular complexity index is 2180. The number of methoxy groups -OCH3 is 3. The lowest BCUT2D eigenvalue weighted by atomic mass is 9.59. The van der Waals surface area contributed by atoms with Crippen LogP contribution in [0.4, 0.5) is 11.4 Å². The zero-order valence-electron chi connectivity index (χ0n) is 28.4. The third-order valence-electron chi connectivity index (χ3n) is 10.8. The molecule has 8 rings (SSSR count). The van der Waals surface area contributed by atoms with Gasteiger partial charge in [-0.15, -0.1) is 0 Å². The van der Waals surface area contributed by atoms with E-state index in [1.54, 1.807) is 38.5 Å². The van der Waals surface area contributed by atoms with Crippen LogP contribution in [-0.4, -0.2) is 43.9 Å². The van der Waals surface area contributed by atoms with Gasteiger partial charge in [-0.05, 0) is 63.7 Å². The molecule has 3 aliphatic rings. The van der Waals surface area contributed by atoms with Gasteiger partial charge in [0.2, 0.25) is 11.8 Å². The zero-order valence-corrected chi connectivity index (χ0v) is 28.4. The van der Waals surface area contributed by atoms with E-state index in [1.807, 2.05) is 84.9 Å². The van der Waals surface area contributed by atoms with E-state index in [0.29, 0.717) is 44.9 Å². The van der Waals surface area contributed by atoms with Crippen LogP contribution in [0.2, 0.25) is 0 Å². The van der Waals surface area contributed by atoms with Gasteiger partial charge < -0.3 is 14.2 Å². The predicted octanol–water partition coefficient (Wildman–Crippen LogP) is 6.81. The van der Waals surface area contributed by atoms with E-state index in [4.69, 9.17) is 14.2 Å². The first-order valence-electron chi connectivity index (χ1n) is 16.6. The number of hydrogen-bond acceptors (Lipinski definition) is 8. The fraction of sp³-hybridized carbons (Fsp3) is 0.167. The van der Waals surface area contributed by atoms with Crippen LogP contribution < -0.4 is 19.1 Å². The second kappa shape index (κ2) is 12.1. The Morgan fingerprint density at radius 1 is 0.596 bits per heavy atom. The monoisotopic (exact) mass is 692 g/mol. The summed E-state index contributed by atoms with van der Waals surface area (Å²) in [7, 11) is 4.50. The highest BCUT2D eigenvalue weighted by atomic mass is 16.6. The number of benzene rings is 5. The van der Waals surface area contributed by atoms with Crippen molar-refractivity contribution in [1.82, 2.24) is 0 Å². The van der Waals surface area contributed by atoms with Gasteiger partial charge in [0.25, 0.3) is 5.69 Å². The number of nitro groups is 1. The quantitative estimate of drug-likeness (QED) is 0.0938. The third-order valence-corrected chi connectivity index (χ3v) is 10.8. The molecular formula is C42H32N2O8. The summed E-state index contributed by atoms with van der Waals surface area (Å²) in [6.07, 6.45) is 0. The van der Waals surface area contributed by atoms with Gasteiger partial charge in [0.05, 0.1) is 48.9 Å². The minimum Gasteiger partial charge on any atom is -0.497 e. The Balaban J connectivity index is 1.53. The van der Waals surface area contributed by atoms with Crippen molar-refractivity contribution in [2.24, 2.45) is 11.8 Å². The molecule has 0 unspecified atom stereocenters. The van der Waals surface area contributed by atoms with E-state index in [2.05, 4.69) is 0 Å². The van der Waals surface area contributed by atoms with Crippen LogP contribution in [0, 0.1) is 22.0 Å². The van der Waals surface area contributed by atoms with E-state index in [0.717, 1.165) is 4.90 Å². The number of ketones is 1. The first-order chi connectivity index (χ1) is 25.2. The Hall–Kier alpha value is -6.55. The number of hydrogen-bond donors (Lipinski definition) is 0. The molecule has 1 saturated heterocycles. The molecule has 1 aliphatic heterocycles. The van der Waals surface area contributed by atoms with Crippen LogP contribution in [0.5, 0.6) is 17.2 Å². The molecule has 0 radical (unpaired) electrons. The number of carbonyl (C=O) groups excluding carboxylic acids is 3. The normalized spacial score (nSPS) is 23.2.